The third kappa shape index (κ3) is 3.74. The maximum Gasteiger partial charge on any atom is 0.227 e. The van der Waals surface area contributed by atoms with E-state index in [-0.39, 0.29) is 17.1 Å². The lowest BCUT2D eigenvalue weighted by molar-refractivity contribution is -0.119. The average molecular weight is 435 g/mol. The Morgan fingerprint density at radius 3 is 2.50 bits per heavy atom. The first-order valence-corrected chi connectivity index (χ1v) is 11.0. The number of Topliss-reactive ketones (excluding diaryl/α,β-unsaturated/α-hetero) is 1. The highest BCUT2D eigenvalue weighted by Gasteiger charge is 2.43. The van der Waals surface area contributed by atoms with Crippen LogP contribution in [0.25, 0.3) is 0 Å². The van der Waals surface area contributed by atoms with Crippen molar-refractivity contribution in [3.05, 3.63) is 59.3 Å². The number of ether oxygens (including phenoxy) is 2. The molecule has 0 radical (unpaired) electrons. The Morgan fingerprint density at radius 2 is 1.81 bits per heavy atom. The first kappa shape index (κ1) is 21.9. The summed E-state index contributed by atoms with van der Waals surface area (Å²) in [7, 11) is 3.17. The summed E-state index contributed by atoms with van der Waals surface area (Å²) in [4.78, 5) is 28.7. The molecule has 1 heterocycles. The fourth-order valence-electron chi connectivity index (χ4n) is 4.77. The quantitative estimate of drug-likeness (QED) is 0.711. The number of fused-ring (bicyclic) bond motifs is 1. The molecule has 1 aliphatic carbocycles. The highest BCUT2D eigenvalue weighted by Crippen LogP contribution is 2.49. The van der Waals surface area contributed by atoms with Gasteiger partial charge in [0, 0.05) is 24.1 Å². The molecular formula is C26H30N2O4. The van der Waals surface area contributed by atoms with Gasteiger partial charge in [-0.3, -0.25) is 14.5 Å². The minimum Gasteiger partial charge on any atom is -0.493 e. The number of benzene rings is 2. The van der Waals surface area contributed by atoms with E-state index in [0.29, 0.717) is 29.9 Å². The van der Waals surface area contributed by atoms with E-state index in [0.717, 1.165) is 29.1 Å². The van der Waals surface area contributed by atoms with Gasteiger partial charge in [0.05, 0.1) is 31.6 Å². The van der Waals surface area contributed by atoms with Gasteiger partial charge < -0.3 is 14.8 Å². The zero-order valence-corrected chi connectivity index (χ0v) is 19.3. The number of carbonyl (C=O) groups excluding carboxylic acids is 2. The van der Waals surface area contributed by atoms with Crippen LogP contribution in [0.2, 0.25) is 0 Å². The molecule has 2 aliphatic rings. The maximum atomic E-state index is 13.6. The van der Waals surface area contributed by atoms with E-state index in [1.54, 1.807) is 19.1 Å². The van der Waals surface area contributed by atoms with Crippen molar-refractivity contribution in [2.75, 3.05) is 24.4 Å². The lowest BCUT2D eigenvalue weighted by atomic mass is 9.73. The zero-order chi connectivity index (χ0) is 23.0. The topological polar surface area (TPSA) is 67.9 Å². The van der Waals surface area contributed by atoms with E-state index in [4.69, 9.17) is 9.47 Å². The Hall–Kier alpha value is -3.28. The summed E-state index contributed by atoms with van der Waals surface area (Å²) in [6, 6.07) is 12.8. The second-order valence-electron chi connectivity index (χ2n) is 9.11. The second kappa shape index (κ2) is 8.34. The predicted octanol–water partition coefficient (Wildman–Crippen LogP) is 5.26. The molecule has 0 bridgehead atoms. The summed E-state index contributed by atoms with van der Waals surface area (Å²) >= 11 is 0. The predicted molar refractivity (Wildman–Crippen MR) is 125 cm³/mol. The molecule has 6 nitrogen and oxygen atoms in total. The average Bonchev–Trinajstić information content (AvgIpc) is 2.91. The van der Waals surface area contributed by atoms with Gasteiger partial charge in [0.2, 0.25) is 5.91 Å². The van der Waals surface area contributed by atoms with Crippen LogP contribution in [-0.2, 0) is 9.59 Å². The van der Waals surface area contributed by atoms with Gasteiger partial charge >= 0.3 is 0 Å². The summed E-state index contributed by atoms with van der Waals surface area (Å²) in [5, 5.41) is 3.52. The number of nitrogens with zero attached hydrogens (tertiary/aromatic N) is 1. The standard InChI is InChI=1S/C26H30N2O4/c1-6-23(30)28-19-10-8-7-9-17(19)27-18-14-26(2,3)15-20(29)24(18)25(28)16-11-12-21(31-4)22(13-16)32-5/h7-13,25,27H,6,14-15H2,1-5H3/t25-/m1/s1. The van der Waals surface area contributed by atoms with Crippen LogP contribution in [0.1, 0.15) is 51.6 Å². The van der Waals surface area contributed by atoms with Crippen molar-refractivity contribution in [3.8, 4) is 11.5 Å². The molecule has 0 aromatic heterocycles. The molecule has 2 aromatic rings. The van der Waals surface area contributed by atoms with Gasteiger partial charge in [0.1, 0.15) is 0 Å². The van der Waals surface area contributed by atoms with Gasteiger partial charge in [0.15, 0.2) is 17.3 Å². The third-order valence-corrected chi connectivity index (χ3v) is 6.20. The summed E-state index contributed by atoms with van der Waals surface area (Å²) in [6.07, 6.45) is 1.47. The number of amides is 1. The van der Waals surface area contributed by atoms with Crippen LogP contribution in [0, 0.1) is 5.41 Å². The van der Waals surface area contributed by atoms with Gasteiger partial charge in [0.25, 0.3) is 0 Å². The number of ketones is 1. The third-order valence-electron chi connectivity index (χ3n) is 6.20. The molecule has 0 spiro atoms. The van der Waals surface area contributed by atoms with Crippen molar-refractivity contribution < 1.29 is 19.1 Å². The lowest BCUT2D eigenvalue weighted by Gasteiger charge is -2.37. The Balaban J connectivity index is 2.01. The van der Waals surface area contributed by atoms with Crippen LogP contribution in [0.15, 0.2) is 53.7 Å². The Morgan fingerprint density at radius 1 is 1.09 bits per heavy atom. The number of hydrogen-bond acceptors (Lipinski definition) is 5. The summed E-state index contributed by atoms with van der Waals surface area (Å²) in [6.45, 7) is 6.05. The van der Waals surface area contributed by atoms with Gasteiger partial charge in [-0.05, 0) is 41.7 Å². The normalized spacial score (nSPS) is 19.5. The van der Waals surface area contributed by atoms with Crippen LogP contribution < -0.4 is 19.7 Å². The van der Waals surface area contributed by atoms with Crippen molar-refractivity contribution in [3.63, 3.8) is 0 Å². The van der Waals surface area contributed by atoms with Crippen molar-refractivity contribution in [2.45, 2.75) is 46.1 Å². The van der Waals surface area contributed by atoms with E-state index in [1.165, 1.54) is 0 Å². The molecule has 168 valence electrons. The minimum atomic E-state index is -0.558. The van der Waals surface area contributed by atoms with E-state index >= 15 is 0 Å². The van der Waals surface area contributed by atoms with Crippen LogP contribution in [0.4, 0.5) is 11.4 Å². The summed E-state index contributed by atoms with van der Waals surface area (Å²) in [5.74, 6) is 1.17. The van der Waals surface area contributed by atoms with E-state index in [2.05, 4.69) is 19.2 Å². The summed E-state index contributed by atoms with van der Waals surface area (Å²) < 4.78 is 11.0. The zero-order valence-electron chi connectivity index (χ0n) is 19.3. The molecule has 32 heavy (non-hydrogen) atoms. The molecule has 0 fully saturated rings. The van der Waals surface area contributed by atoms with Gasteiger partial charge in [-0.15, -0.1) is 0 Å². The molecule has 1 aliphatic heterocycles. The Labute approximate surface area is 189 Å². The maximum absolute atomic E-state index is 13.6. The molecule has 1 amide bonds. The monoisotopic (exact) mass is 434 g/mol. The number of allylic oxidation sites excluding steroid dienone is 1. The molecule has 0 saturated heterocycles. The van der Waals surface area contributed by atoms with Crippen molar-refractivity contribution in [1.29, 1.82) is 0 Å². The number of methoxy groups -OCH3 is 2. The summed E-state index contributed by atoms with van der Waals surface area (Å²) in [5.41, 5.74) is 3.77. The van der Waals surface area contributed by atoms with Crippen molar-refractivity contribution in [1.82, 2.24) is 0 Å². The number of anilines is 2. The molecule has 1 atom stereocenters. The number of carbonyl (C=O) groups is 2. The van der Waals surface area contributed by atoms with Crippen LogP contribution >= 0.6 is 0 Å². The highest BCUT2D eigenvalue weighted by atomic mass is 16.5. The lowest BCUT2D eigenvalue weighted by Crippen LogP contribution is -2.39. The Bertz CT molecular complexity index is 1100. The van der Waals surface area contributed by atoms with Crippen LogP contribution in [0.5, 0.6) is 11.5 Å². The number of hydrogen-bond donors (Lipinski definition) is 1. The molecule has 4 rings (SSSR count). The number of nitrogens with one attached hydrogen (secondary N) is 1. The van der Waals surface area contributed by atoms with E-state index in [1.807, 2.05) is 49.4 Å². The van der Waals surface area contributed by atoms with Crippen molar-refractivity contribution >= 4 is 23.1 Å². The highest BCUT2D eigenvalue weighted by molar-refractivity contribution is 6.06. The van der Waals surface area contributed by atoms with Gasteiger partial charge in [-0.25, -0.2) is 0 Å². The van der Waals surface area contributed by atoms with E-state index in [9.17, 15) is 9.59 Å². The number of rotatable bonds is 4. The fourth-order valence-corrected chi connectivity index (χ4v) is 4.77. The van der Waals surface area contributed by atoms with Crippen molar-refractivity contribution in [2.24, 2.45) is 5.41 Å². The molecular weight excluding hydrogens is 404 g/mol. The molecule has 6 heteroatoms. The van der Waals surface area contributed by atoms with Crippen LogP contribution in [-0.4, -0.2) is 25.9 Å². The molecule has 0 unspecified atom stereocenters. The molecule has 2 aromatic carbocycles. The van der Waals surface area contributed by atoms with E-state index < -0.39 is 6.04 Å². The second-order valence-corrected chi connectivity index (χ2v) is 9.11. The first-order chi connectivity index (χ1) is 15.3. The molecule has 0 saturated carbocycles. The van der Waals surface area contributed by atoms with Gasteiger partial charge in [-0.1, -0.05) is 39.0 Å². The smallest absolute Gasteiger partial charge is 0.227 e. The Kier molecular flexibility index (Phi) is 5.71. The first-order valence-electron chi connectivity index (χ1n) is 11.0. The fraction of sp³-hybridized carbons (Fsp3) is 0.385. The minimum absolute atomic E-state index is 0.0505. The van der Waals surface area contributed by atoms with Crippen LogP contribution in [0.3, 0.4) is 0 Å². The number of para-hydroxylation sites is 2. The van der Waals surface area contributed by atoms with Gasteiger partial charge in [-0.2, -0.15) is 0 Å². The molecule has 1 N–H and O–H groups in total. The SMILES string of the molecule is CCC(=O)N1c2ccccc2NC2=C(C(=O)CC(C)(C)C2)[C@H]1c1ccc(OC)c(OC)c1. The largest absolute Gasteiger partial charge is 0.493 e.